The minimum Gasteiger partial charge on any atom is -0.494 e. The van der Waals surface area contributed by atoms with Crippen LogP contribution in [0.4, 0.5) is 4.39 Å². The van der Waals surface area contributed by atoms with Gasteiger partial charge in [-0.25, -0.2) is 12.8 Å². The Morgan fingerprint density at radius 3 is 2.37 bits per heavy atom. The molecule has 1 heterocycles. The zero-order valence-corrected chi connectivity index (χ0v) is 15.7. The average Bonchev–Trinajstić information content (AvgIpc) is 3.17. The zero-order valence-electron chi connectivity index (χ0n) is 14.8. The summed E-state index contributed by atoms with van der Waals surface area (Å²) in [4.78, 5) is 0.105. The van der Waals surface area contributed by atoms with Gasteiger partial charge in [-0.2, -0.15) is 4.31 Å². The highest BCUT2D eigenvalue weighted by Gasteiger charge is 2.26. The van der Waals surface area contributed by atoms with Gasteiger partial charge < -0.3 is 9.15 Å². The van der Waals surface area contributed by atoms with Crippen molar-refractivity contribution in [3.63, 3.8) is 0 Å². The molecule has 0 amide bonds. The molecular formula is C20H20FNO4S. The van der Waals surface area contributed by atoms with E-state index in [0.29, 0.717) is 23.7 Å². The lowest BCUT2D eigenvalue weighted by Gasteiger charge is -2.22. The summed E-state index contributed by atoms with van der Waals surface area (Å²) in [6, 6.07) is 15.6. The maximum atomic E-state index is 14.1. The standard InChI is InChI=1S/C20H20FNO4S/c1-2-25-17-9-11-19(12-10-17)27(23,24)22(15-18-7-5-13-26-18)14-16-6-3-4-8-20(16)21/h3-13H,2,14-15H2,1H3. The Balaban J connectivity index is 1.93. The lowest BCUT2D eigenvalue weighted by Crippen LogP contribution is -2.30. The third-order valence-electron chi connectivity index (χ3n) is 3.99. The molecule has 0 saturated heterocycles. The number of hydrogen-bond acceptors (Lipinski definition) is 4. The van der Waals surface area contributed by atoms with Gasteiger partial charge in [-0.1, -0.05) is 18.2 Å². The van der Waals surface area contributed by atoms with Gasteiger partial charge in [-0.15, -0.1) is 0 Å². The Morgan fingerprint density at radius 1 is 1.00 bits per heavy atom. The van der Waals surface area contributed by atoms with Crippen molar-refractivity contribution in [2.45, 2.75) is 24.9 Å². The molecule has 0 atom stereocenters. The van der Waals surface area contributed by atoms with Gasteiger partial charge in [0.05, 0.1) is 24.3 Å². The highest BCUT2D eigenvalue weighted by molar-refractivity contribution is 7.89. The summed E-state index contributed by atoms with van der Waals surface area (Å²) >= 11 is 0. The molecule has 0 aliphatic rings. The van der Waals surface area contributed by atoms with Crippen molar-refractivity contribution >= 4 is 10.0 Å². The van der Waals surface area contributed by atoms with Crippen molar-refractivity contribution in [1.29, 1.82) is 0 Å². The number of rotatable bonds is 8. The van der Waals surface area contributed by atoms with Crippen LogP contribution < -0.4 is 4.74 Å². The molecule has 1 aromatic heterocycles. The van der Waals surface area contributed by atoms with E-state index in [1.807, 2.05) is 6.92 Å². The number of ether oxygens (including phenoxy) is 1. The maximum Gasteiger partial charge on any atom is 0.243 e. The highest BCUT2D eigenvalue weighted by Crippen LogP contribution is 2.24. The number of furan rings is 1. The normalized spacial score (nSPS) is 11.7. The second kappa shape index (κ2) is 8.37. The molecule has 0 saturated carbocycles. The average molecular weight is 389 g/mol. The molecule has 3 aromatic rings. The fourth-order valence-corrected chi connectivity index (χ4v) is 4.03. The molecule has 0 N–H and O–H groups in total. The van der Waals surface area contributed by atoms with E-state index < -0.39 is 15.8 Å². The summed E-state index contributed by atoms with van der Waals surface area (Å²) in [5.74, 6) is 0.604. The van der Waals surface area contributed by atoms with Gasteiger partial charge in [0.1, 0.15) is 17.3 Å². The smallest absolute Gasteiger partial charge is 0.243 e. The molecule has 0 aliphatic carbocycles. The lowest BCUT2D eigenvalue weighted by molar-refractivity contribution is 0.339. The molecule has 142 valence electrons. The molecule has 7 heteroatoms. The van der Waals surface area contributed by atoms with Crippen LogP contribution in [0.25, 0.3) is 0 Å². The molecule has 0 aliphatic heterocycles. The summed E-state index contributed by atoms with van der Waals surface area (Å²) in [5, 5.41) is 0. The van der Waals surface area contributed by atoms with E-state index in [1.165, 1.54) is 28.8 Å². The number of benzene rings is 2. The lowest BCUT2D eigenvalue weighted by atomic mass is 10.2. The van der Waals surface area contributed by atoms with E-state index in [9.17, 15) is 12.8 Å². The largest absolute Gasteiger partial charge is 0.494 e. The molecule has 3 rings (SSSR count). The van der Waals surface area contributed by atoms with Gasteiger partial charge in [0.25, 0.3) is 0 Å². The van der Waals surface area contributed by atoms with Gasteiger partial charge in [-0.05, 0) is 49.4 Å². The van der Waals surface area contributed by atoms with Crippen molar-refractivity contribution in [3.8, 4) is 5.75 Å². The minimum atomic E-state index is -3.87. The van der Waals surface area contributed by atoms with Gasteiger partial charge in [0.2, 0.25) is 10.0 Å². The molecule has 2 aromatic carbocycles. The van der Waals surface area contributed by atoms with Crippen LogP contribution in [0.2, 0.25) is 0 Å². The summed E-state index contributed by atoms with van der Waals surface area (Å²) in [7, 11) is -3.87. The van der Waals surface area contributed by atoms with Crippen LogP contribution in [0.5, 0.6) is 5.75 Å². The van der Waals surface area contributed by atoms with Crippen LogP contribution in [-0.4, -0.2) is 19.3 Å². The SMILES string of the molecule is CCOc1ccc(S(=O)(=O)N(Cc2ccco2)Cc2ccccc2F)cc1. The topological polar surface area (TPSA) is 59.8 Å². The van der Waals surface area contributed by atoms with Crippen LogP contribution in [0.3, 0.4) is 0 Å². The molecule has 0 spiro atoms. The van der Waals surface area contributed by atoms with E-state index >= 15 is 0 Å². The zero-order chi connectivity index (χ0) is 19.3. The molecular weight excluding hydrogens is 369 g/mol. The van der Waals surface area contributed by atoms with E-state index in [0.717, 1.165) is 0 Å². The Morgan fingerprint density at radius 2 is 1.74 bits per heavy atom. The Labute approximate surface area is 158 Å². The fourth-order valence-electron chi connectivity index (χ4n) is 2.64. The first kappa shape index (κ1) is 19.1. The molecule has 0 bridgehead atoms. The quantitative estimate of drug-likeness (QED) is 0.579. The third kappa shape index (κ3) is 4.56. The summed E-state index contributed by atoms with van der Waals surface area (Å²) in [5.41, 5.74) is 0.290. The van der Waals surface area contributed by atoms with E-state index in [-0.39, 0.29) is 18.0 Å². The predicted octanol–water partition coefficient (Wildman–Crippen LogP) is 4.21. The van der Waals surface area contributed by atoms with Crippen molar-refractivity contribution in [2.75, 3.05) is 6.61 Å². The minimum absolute atomic E-state index is 0.00310. The first-order chi connectivity index (χ1) is 13.0. The Kier molecular flexibility index (Phi) is 5.93. The Hall–Kier alpha value is -2.64. The first-order valence-corrected chi connectivity index (χ1v) is 9.93. The van der Waals surface area contributed by atoms with E-state index in [2.05, 4.69) is 0 Å². The monoisotopic (exact) mass is 389 g/mol. The third-order valence-corrected chi connectivity index (χ3v) is 5.80. The van der Waals surface area contributed by atoms with Gasteiger partial charge in [0.15, 0.2) is 0 Å². The second-order valence-electron chi connectivity index (χ2n) is 5.85. The van der Waals surface area contributed by atoms with Crippen LogP contribution in [0.15, 0.2) is 76.2 Å². The van der Waals surface area contributed by atoms with Crippen LogP contribution in [0.1, 0.15) is 18.2 Å². The maximum absolute atomic E-state index is 14.1. The number of hydrogen-bond donors (Lipinski definition) is 0. The summed E-state index contributed by atoms with van der Waals surface area (Å²) in [6.07, 6.45) is 1.47. The fraction of sp³-hybridized carbons (Fsp3) is 0.200. The van der Waals surface area contributed by atoms with E-state index in [1.54, 1.807) is 42.5 Å². The van der Waals surface area contributed by atoms with Crippen LogP contribution in [-0.2, 0) is 23.1 Å². The van der Waals surface area contributed by atoms with Crippen molar-refractivity contribution in [2.24, 2.45) is 0 Å². The predicted molar refractivity (Wildman–Crippen MR) is 99.2 cm³/mol. The Bertz CT molecular complexity index is 969. The van der Waals surface area contributed by atoms with Crippen LogP contribution >= 0.6 is 0 Å². The highest BCUT2D eigenvalue weighted by atomic mass is 32.2. The number of nitrogens with zero attached hydrogens (tertiary/aromatic N) is 1. The summed E-state index contributed by atoms with van der Waals surface area (Å²) < 4.78 is 52.3. The molecule has 0 unspecified atom stereocenters. The number of sulfonamides is 1. The van der Waals surface area contributed by atoms with Gasteiger partial charge in [0, 0.05) is 12.1 Å². The number of halogens is 1. The van der Waals surface area contributed by atoms with Crippen molar-refractivity contribution in [3.05, 3.63) is 84.1 Å². The second-order valence-corrected chi connectivity index (χ2v) is 7.79. The molecule has 0 radical (unpaired) electrons. The summed E-state index contributed by atoms with van der Waals surface area (Å²) in [6.45, 7) is 2.23. The van der Waals surface area contributed by atoms with Gasteiger partial charge in [-0.3, -0.25) is 0 Å². The van der Waals surface area contributed by atoms with Crippen molar-refractivity contribution < 1.29 is 22.0 Å². The van der Waals surface area contributed by atoms with Crippen LogP contribution in [0, 0.1) is 5.82 Å². The molecule has 0 fully saturated rings. The molecule has 5 nitrogen and oxygen atoms in total. The van der Waals surface area contributed by atoms with Gasteiger partial charge >= 0.3 is 0 Å². The first-order valence-electron chi connectivity index (χ1n) is 8.49. The molecule has 27 heavy (non-hydrogen) atoms. The van der Waals surface area contributed by atoms with E-state index in [4.69, 9.17) is 9.15 Å². The van der Waals surface area contributed by atoms with Crippen molar-refractivity contribution in [1.82, 2.24) is 4.31 Å².